The molecule has 1 atom stereocenters. The molecule has 3 aromatic rings. The number of imidazole rings is 1. The molecule has 0 amide bonds. The predicted molar refractivity (Wildman–Crippen MR) is 102 cm³/mol. The van der Waals surface area contributed by atoms with Crippen LogP contribution in [-0.2, 0) is 6.54 Å². The van der Waals surface area contributed by atoms with Crippen LogP contribution < -0.4 is 4.74 Å². The monoisotopic (exact) mass is 358 g/mol. The Morgan fingerprint density at radius 2 is 1.96 bits per heavy atom. The van der Waals surface area contributed by atoms with Crippen LogP contribution >= 0.6 is 11.6 Å². The average molecular weight is 359 g/mol. The lowest BCUT2D eigenvalue weighted by atomic mass is 10.2. The van der Waals surface area contributed by atoms with Crippen LogP contribution in [0.2, 0.25) is 5.02 Å². The first kappa shape index (κ1) is 17.8. The summed E-state index contributed by atoms with van der Waals surface area (Å²) in [5, 5.41) is 11.0. The Bertz CT molecular complexity index is 873. The minimum Gasteiger partial charge on any atom is -0.489 e. The number of aromatic nitrogens is 2. The van der Waals surface area contributed by atoms with Crippen LogP contribution in [0.25, 0.3) is 11.0 Å². The van der Waals surface area contributed by atoms with Gasteiger partial charge in [-0.3, -0.25) is 0 Å². The first-order chi connectivity index (χ1) is 12.0. The topological polar surface area (TPSA) is 47.3 Å². The fraction of sp³-hybridized carbons (Fsp3) is 0.350. The lowest BCUT2D eigenvalue weighted by Gasteiger charge is -2.17. The Morgan fingerprint density at radius 3 is 2.72 bits per heavy atom. The number of benzene rings is 2. The molecule has 0 aliphatic carbocycles. The zero-order chi connectivity index (χ0) is 18.0. The standard InChI is InChI=1S/C20H23ClN2O2/c1-13(2)20-22-17-6-4-5-7-18(17)23(20)11-15(24)12-25-19-10-14(3)8-9-16(19)21/h4-10,13,15,24H,11-12H2,1-3H3/t15-/m0/s1. The molecule has 0 saturated carbocycles. The van der Waals surface area contributed by atoms with E-state index in [9.17, 15) is 5.11 Å². The SMILES string of the molecule is Cc1ccc(Cl)c(OC[C@@H](O)Cn2c(C(C)C)nc3ccccc32)c1. The number of ether oxygens (including phenoxy) is 1. The van der Waals surface area contributed by atoms with Crippen molar-refractivity contribution < 1.29 is 9.84 Å². The second kappa shape index (κ2) is 7.46. The molecule has 25 heavy (non-hydrogen) atoms. The van der Waals surface area contributed by atoms with Gasteiger partial charge in [-0.25, -0.2) is 4.98 Å². The predicted octanol–water partition coefficient (Wildman–Crippen LogP) is 4.56. The van der Waals surface area contributed by atoms with Gasteiger partial charge >= 0.3 is 0 Å². The third-order valence-electron chi connectivity index (χ3n) is 4.11. The maximum atomic E-state index is 10.5. The van der Waals surface area contributed by atoms with Gasteiger partial charge < -0.3 is 14.4 Å². The minimum atomic E-state index is -0.660. The molecule has 1 heterocycles. The van der Waals surface area contributed by atoms with Crippen LogP contribution in [0, 0.1) is 6.92 Å². The Hall–Kier alpha value is -2.04. The maximum absolute atomic E-state index is 10.5. The number of halogens is 1. The molecule has 0 radical (unpaired) electrons. The summed E-state index contributed by atoms with van der Waals surface area (Å²) < 4.78 is 7.80. The minimum absolute atomic E-state index is 0.174. The normalized spacial score (nSPS) is 12.7. The third kappa shape index (κ3) is 3.97. The van der Waals surface area contributed by atoms with Gasteiger partial charge in [0.15, 0.2) is 0 Å². The molecule has 2 aromatic carbocycles. The van der Waals surface area contributed by atoms with E-state index in [1.165, 1.54) is 0 Å². The van der Waals surface area contributed by atoms with Gasteiger partial charge in [0.2, 0.25) is 0 Å². The second-order valence-corrected chi connectivity index (χ2v) is 7.03. The van der Waals surface area contributed by atoms with Crippen molar-refractivity contribution in [3.05, 3.63) is 58.9 Å². The Balaban J connectivity index is 1.76. The van der Waals surface area contributed by atoms with E-state index in [1.54, 1.807) is 6.07 Å². The van der Waals surface area contributed by atoms with Gasteiger partial charge in [-0.2, -0.15) is 0 Å². The first-order valence-electron chi connectivity index (χ1n) is 8.48. The molecule has 0 fully saturated rings. The summed E-state index contributed by atoms with van der Waals surface area (Å²) in [5.41, 5.74) is 3.04. The Labute approximate surface area is 153 Å². The van der Waals surface area contributed by atoms with E-state index in [-0.39, 0.29) is 12.5 Å². The molecule has 0 spiro atoms. The van der Waals surface area contributed by atoms with Crippen LogP contribution in [-0.4, -0.2) is 27.4 Å². The summed E-state index contributed by atoms with van der Waals surface area (Å²) in [6, 6.07) is 13.6. The van der Waals surface area contributed by atoms with Crippen molar-refractivity contribution >= 4 is 22.6 Å². The lowest BCUT2D eigenvalue weighted by Crippen LogP contribution is -2.25. The van der Waals surface area contributed by atoms with Gasteiger partial charge in [-0.15, -0.1) is 0 Å². The quantitative estimate of drug-likeness (QED) is 0.702. The first-order valence-corrected chi connectivity index (χ1v) is 8.85. The van der Waals surface area contributed by atoms with Crippen molar-refractivity contribution in [1.29, 1.82) is 0 Å². The molecular weight excluding hydrogens is 336 g/mol. The number of fused-ring (bicyclic) bond motifs is 1. The van der Waals surface area contributed by atoms with Crippen LogP contribution in [0.15, 0.2) is 42.5 Å². The largest absolute Gasteiger partial charge is 0.489 e. The highest BCUT2D eigenvalue weighted by Gasteiger charge is 2.17. The van der Waals surface area contributed by atoms with Crippen molar-refractivity contribution in [3.63, 3.8) is 0 Å². The van der Waals surface area contributed by atoms with Crippen molar-refractivity contribution in [3.8, 4) is 5.75 Å². The van der Waals surface area contributed by atoms with E-state index in [0.29, 0.717) is 17.3 Å². The number of aryl methyl sites for hydroxylation is 1. The van der Waals surface area contributed by atoms with Crippen LogP contribution in [0.1, 0.15) is 31.2 Å². The molecule has 0 unspecified atom stereocenters. The summed E-state index contributed by atoms with van der Waals surface area (Å²) >= 11 is 6.15. The van der Waals surface area contributed by atoms with Crippen LogP contribution in [0.5, 0.6) is 5.75 Å². The molecule has 3 rings (SSSR count). The lowest BCUT2D eigenvalue weighted by molar-refractivity contribution is 0.0925. The summed E-state index contributed by atoms with van der Waals surface area (Å²) in [7, 11) is 0. The molecule has 0 aliphatic heterocycles. The fourth-order valence-electron chi connectivity index (χ4n) is 2.90. The van der Waals surface area contributed by atoms with E-state index in [2.05, 4.69) is 18.4 Å². The zero-order valence-corrected chi connectivity index (χ0v) is 15.5. The van der Waals surface area contributed by atoms with E-state index in [4.69, 9.17) is 21.3 Å². The summed E-state index contributed by atoms with van der Waals surface area (Å²) in [4.78, 5) is 4.70. The highest BCUT2D eigenvalue weighted by Crippen LogP contribution is 2.26. The summed E-state index contributed by atoms with van der Waals surface area (Å²) in [6.45, 7) is 6.79. The van der Waals surface area contributed by atoms with Gasteiger partial charge in [0.05, 0.1) is 22.6 Å². The number of aliphatic hydroxyl groups excluding tert-OH is 1. The van der Waals surface area contributed by atoms with Crippen molar-refractivity contribution in [2.75, 3.05) is 6.61 Å². The third-order valence-corrected chi connectivity index (χ3v) is 4.42. The van der Waals surface area contributed by atoms with Crippen molar-refractivity contribution in [2.45, 2.75) is 39.3 Å². The van der Waals surface area contributed by atoms with Crippen LogP contribution in [0.4, 0.5) is 0 Å². The van der Waals surface area contributed by atoms with Gasteiger partial charge in [0, 0.05) is 5.92 Å². The molecule has 4 nitrogen and oxygen atoms in total. The number of hydrogen-bond acceptors (Lipinski definition) is 3. The second-order valence-electron chi connectivity index (χ2n) is 6.62. The van der Waals surface area contributed by atoms with Crippen LogP contribution in [0.3, 0.4) is 0 Å². The summed E-state index contributed by atoms with van der Waals surface area (Å²) in [5.74, 6) is 1.83. The van der Waals surface area contributed by atoms with Gasteiger partial charge in [0.25, 0.3) is 0 Å². The zero-order valence-electron chi connectivity index (χ0n) is 14.7. The van der Waals surface area contributed by atoms with Gasteiger partial charge in [-0.1, -0.05) is 43.6 Å². The fourth-order valence-corrected chi connectivity index (χ4v) is 3.07. The molecule has 0 aliphatic rings. The van der Waals surface area contributed by atoms with Gasteiger partial charge in [0.1, 0.15) is 24.3 Å². The highest BCUT2D eigenvalue weighted by molar-refractivity contribution is 6.32. The molecule has 1 N–H and O–H groups in total. The highest BCUT2D eigenvalue weighted by atomic mass is 35.5. The molecule has 0 saturated heterocycles. The average Bonchev–Trinajstić information content (AvgIpc) is 2.95. The number of hydrogen-bond donors (Lipinski definition) is 1. The van der Waals surface area contributed by atoms with E-state index in [0.717, 1.165) is 22.4 Å². The molecular formula is C20H23ClN2O2. The van der Waals surface area contributed by atoms with E-state index < -0.39 is 6.10 Å². The maximum Gasteiger partial charge on any atom is 0.138 e. The number of nitrogens with zero attached hydrogens (tertiary/aromatic N) is 2. The molecule has 1 aromatic heterocycles. The van der Waals surface area contributed by atoms with E-state index >= 15 is 0 Å². The number of para-hydroxylation sites is 2. The van der Waals surface area contributed by atoms with Crippen molar-refractivity contribution in [1.82, 2.24) is 9.55 Å². The number of aliphatic hydroxyl groups is 1. The van der Waals surface area contributed by atoms with Crippen molar-refractivity contribution in [2.24, 2.45) is 0 Å². The smallest absolute Gasteiger partial charge is 0.138 e. The number of rotatable bonds is 6. The molecule has 5 heteroatoms. The van der Waals surface area contributed by atoms with E-state index in [1.807, 2.05) is 43.3 Å². The Morgan fingerprint density at radius 1 is 1.20 bits per heavy atom. The summed E-state index contributed by atoms with van der Waals surface area (Å²) in [6.07, 6.45) is -0.660. The van der Waals surface area contributed by atoms with Gasteiger partial charge in [-0.05, 0) is 36.8 Å². The Kier molecular flexibility index (Phi) is 5.30. The molecule has 132 valence electrons. The molecule has 0 bridgehead atoms.